The maximum Gasteiger partial charge on any atom is 0.194 e. The van der Waals surface area contributed by atoms with E-state index in [0.29, 0.717) is 5.75 Å². The molecule has 25 heavy (non-hydrogen) atoms. The van der Waals surface area contributed by atoms with Crippen molar-refractivity contribution < 1.29 is 25.4 Å². The molecule has 0 amide bonds. The fourth-order valence-corrected chi connectivity index (χ4v) is 2.67. The third-order valence-electron chi connectivity index (χ3n) is 3.93. The molecule has 2 aromatic carbocycles. The van der Waals surface area contributed by atoms with E-state index in [-0.39, 0.29) is 29.2 Å². The van der Waals surface area contributed by atoms with E-state index in [1.807, 2.05) is 18.2 Å². The Kier molecular flexibility index (Phi) is 4.51. The lowest BCUT2D eigenvalue weighted by atomic mass is 10.0. The second-order valence-electron chi connectivity index (χ2n) is 5.51. The van der Waals surface area contributed by atoms with Crippen molar-refractivity contribution in [3.05, 3.63) is 60.2 Å². The van der Waals surface area contributed by atoms with Gasteiger partial charge in [0.25, 0.3) is 0 Å². The van der Waals surface area contributed by atoms with Crippen LogP contribution in [0.25, 0.3) is 11.1 Å². The predicted octanol–water partition coefficient (Wildman–Crippen LogP) is 3.21. The first-order valence-electron chi connectivity index (χ1n) is 7.52. The topological polar surface area (TPSA) is 98.3 Å². The molecule has 7 heteroatoms. The van der Waals surface area contributed by atoms with Gasteiger partial charge in [0.05, 0.1) is 19.3 Å². The van der Waals surface area contributed by atoms with Gasteiger partial charge in [-0.3, -0.25) is 15.0 Å². The summed E-state index contributed by atoms with van der Waals surface area (Å²) in [6, 6.07) is 15.0. The van der Waals surface area contributed by atoms with Gasteiger partial charge in [0.1, 0.15) is 5.75 Å². The van der Waals surface area contributed by atoms with Crippen LogP contribution < -0.4 is 9.96 Å². The Bertz CT molecular complexity index is 869. The van der Waals surface area contributed by atoms with Gasteiger partial charge in [0.15, 0.2) is 11.8 Å². The van der Waals surface area contributed by atoms with E-state index in [9.17, 15) is 20.6 Å². The Labute approximate surface area is 144 Å². The SMILES string of the molecule is COc1ccc(Cn2c(O)ccc2O)cc1-c1cccc(N(O)O)c1. The molecular weight excluding hydrogens is 324 g/mol. The maximum absolute atomic E-state index is 9.79. The highest BCUT2D eigenvalue weighted by Gasteiger charge is 2.12. The maximum atomic E-state index is 9.79. The summed E-state index contributed by atoms with van der Waals surface area (Å²) in [4.78, 5) is 0. The molecule has 0 unspecified atom stereocenters. The van der Waals surface area contributed by atoms with Crippen LogP contribution in [0.4, 0.5) is 5.69 Å². The zero-order chi connectivity index (χ0) is 18.0. The van der Waals surface area contributed by atoms with E-state index in [1.165, 1.54) is 16.7 Å². The molecule has 0 aliphatic rings. The van der Waals surface area contributed by atoms with Gasteiger partial charge in [0.2, 0.25) is 0 Å². The third kappa shape index (κ3) is 3.37. The molecule has 0 saturated heterocycles. The highest BCUT2D eigenvalue weighted by Crippen LogP contribution is 2.33. The van der Waals surface area contributed by atoms with Gasteiger partial charge < -0.3 is 14.9 Å². The van der Waals surface area contributed by atoms with Gasteiger partial charge in [-0.05, 0) is 35.4 Å². The Morgan fingerprint density at radius 3 is 2.32 bits per heavy atom. The van der Waals surface area contributed by atoms with Crippen molar-refractivity contribution in [3.8, 4) is 28.6 Å². The third-order valence-corrected chi connectivity index (χ3v) is 3.93. The minimum absolute atomic E-state index is 0.0342. The summed E-state index contributed by atoms with van der Waals surface area (Å²) in [5.41, 5.74) is 2.51. The van der Waals surface area contributed by atoms with E-state index in [2.05, 4.69) is 0 Å². The lowest BCUT2D eigenvalue weighted by molar-refractivity contribution is 0.0292. The molecular formula is C18H18N2O5. The van der Waals surface area contributed by atoms with Crippen LogP contribution in [0, 0.1) is 0 Å². The number of aromatic nitrogens is 1. The lowest BCUT2D eigenvalue weighted by Crippen LogP contribution is -2.10. The van der Waals surface area contributed by atoms with Gasteiger partial charge in [-0.2, -0.15) is 0 Å². The summed E-state index contributed by atoms with van der Waals surface area (Å²) in [7, 11) is 1.55. The Balaban J connectivity index is 2.02. The first-order chi connectivity index (χ1) is 12.0. The number of hydrogen-bond donors (Lipinski definition) is 4. The molecule has 7 nitrogen and oxygen atoms in total. The summed E-state index contributed by atoms with van der Waals surface area (Å²) in [5, 5.41) is 38.1. The Hall–Kier alpha value is -3.16. The molecule has 0 bridgehead atoms. The minimum Gasteiger partial charge on any atom is -0.496 e. The van der Waals surface area contributed by atoms with Crippen LogP contribution in [0.15, 0.2) is 54.6 Å². The molecule has 0 spiro atoms. The molecule has 3 rings (SSSR count). The van der Waals surface area contributed by atoms with Crippen molar-refractivity contribution in [2.75, 3.05) is 12.3 Å². The summed E-state index contributed by atoms with van der Waals surface area (Å²) < 4.78 is 6.76. The van der Waals surface area contributed by atoms with E-state index in [1.54, 1.807) is 31.4 Å². The molecule has 0 radical (unpaired) electrons. The smallest absolute Gasteiger partial charge is 0.194 e. The molecule has 4 N–H and O–H groups in total. The molecule has 130 valence electrons. The van der Waals surface area contributed by atoms with Crippen molar-refractivity contribution >= 4 is 5.69 Å². The monoisotopic (exact) mass is 342 g/mol. The zero-order valence-corrected chi connectivity index (χ0v) is 13.5. The first kappa shape index (κ1) is 16.7. The Morgan fingerprint density at radius 1 is 0.960 bits per heavy atom. The normalized spacial score (nSPS) is 10.7. The molecule has 0 saturated carbocycles. The van der Waals surface area contributed by atoms with Crippen LogP contribution >= 0.6 is 0 Å². The fraction of sp³-hybridized carbons (Fsp3) is 0.111. The molecule has 0 atom stereocenters. The number of aromatic hydroxyl groups is 2. The van der Waals surface area contributed by atoms with E-state index in [0.717, 1.165) is 16.7 Å². The summed E-state index contributed by atoms with van der Waals surface area (Å²) in [5.74, 6) is 0.547. The number of methoxy groups -OCH3 is 1. The quantitative estimate of drug-likeness (QED) is 0.532. The van der Waals surface area contributed by atoms with Gasteiger partial charge in [-0.1, -0.05) is 18.2 Å². The number of ether oxygens (including phenoxy) is 1. The van der Waals surface area contributed by atoms with Crippen LogP contribution in [0.2, 0.25) is 0 Å². The van der Waals surface area contributed by atoms with E-state index < -0.39 is 0 Å². The van der Waals surface area contributed by atoms with Crippen molar-refractivity contribution in [3.63, 3.8) is 0 Å². The summed E-state index contributed by atoms with van der Waals surface area (Å²) in [6.45, 7) is 0.271. The second-order valence-corrected chi connectivity index (χ2v) is 5.51. The average molecular weight is 342 g/mol. The van der Waals surface area contributed by atoms with Crippen LogP contribution in [0.3, 0.4) is 0 Å². The van der Waals surface area contributed by atoms with E-state index >= 15 is 0 Å². The van der Waals surface area contributed by atoms with Crippen molar-refractivity contribution in [2.24, 2.45) is 0 Å². The number of anilines is 1. The van der Waals surface area contributed by atoms with Crippen LogP contribution in [-0.4, -0.2) is 32.3 Å². The number of hydrogen-bond acceptors (Lipinski definition) is 6. The average Bonchev–Trinajstić information content (AvgIpc) is 2.93. The van der Waals surface area contributed by atoms with Crippen LogP contribution in [-0.2, 0) is 6.54 Å². The zero-order valence-electron chi connectivity index (χ0n) is 13.5. The Morgan fingerprint density at radius 2 is 1.68 bits per heavy atom. The number of rotatable bonds is 5. The minimum atomic E-state index is -0.0342. The number of benzene rings is 2. The molecule has 1 aromatic heterocycles. The highest BCUT2D eigenvalue weighted by atomic mass is 16.8. The summed E-state index contributed by atoms with van der Waals surface area (Å²) in [6.07, 6.45) is 0. The van der Waals surface area contributed by atoms with Gasteiger partial charge in [-0.25, -0.2) is 0 Å². The molecule has 3 aromatic rings. The number of nitrogens with zero attached hydrogens (tertiary/aromatic N) is 2. The van der Waals surface area contributed by atoms with Crippen molar-refractivity contribution in [1.29, 1.82) is 0 Å². The molecule has 1 heterocycles. The van der Waals surface area contributed by atoms with Crippen molar-refractivity contribution in [1.82, 2.24) is 4.57 Å². The fourth-order valence-electron chi connectivity index (χ4n) is 2.67. The van der Waals surface area contributed by atoms with Crippen molar-refractivity contribution in [2.45, 2.75) is 6.54 Å². The van der Waals surface area contributed by atoms with Gasteiger partial charge in [0, 0.05) is 17.7 Å². The standard InChI is InChI=1S/C18H18N2O5/c1-25-16-6-5-12(11-19-17(21)7-8-18(19)22)9-15(16)13-3-2-4-14(10-13)20(23)24/h2-10,21-24H,11H2,1H3. The molecule has 0 aliphatic carbocycles. The largest absolute Gasteiger partial charge is 0.496 e. The van der Waals surface area contributed by atoms with Crippen LogP contribution in [0.5, 0.6) is 17.5 Å². The lowest BCUT2D eigenvalue weighted by Gasteiger charge is -2.14. The second kappa shape index (κ2) is 6.76. The van der Waals surface area contributed by atoms with Crippen LogP contribution in [0.1, 0.15) is 5.56 Å². The van der Waals surface area contributed by atoms with E-state index in [4.69, 9.17) is 4.74 Å². The molecule has 0 aliphatic heterocycles. The summed E-state index contributed by atoms with van der Waals surface area (Å²) >= 11 is 0. The molecule has 0 fully saturated rings. The highest BCUT2D eigenvalue weighted by molar-refractivity contribution is 5.74. The first-order valence-corrected chi connectivity index (χ1v) is 7.52. The van der Waals surface area contributed by atoms with Gasteiger partial charge in [-0.15, -0.1) is 5.23 Å². The van der Waals surface area contributed by atoms with Gasteiger partial charge >= 0.3 is 0 Å². The predicted molar refractivity (Wildman–Crippen MR) is 91.3 cm³/mol.